The number of nitrogens with one attached hydrogen (secondary N) is 1. The second-order valence-corrected chi connectivity index (χ2v) is 7.44. The van der Waals surface area contributed by atoms with Gasteiger partial charge in [-0.25, -0.2) is 0 Å². The van der Waals surface area contributed by atoms with Gasteiger partial charge >= 0.3 is 6.01 Å². The molecule has 0 aliphatic rings. The summed E-state index contributed by atoms with van der Waals surface area (Å²) in [6.45, 7) is 4.27. The summed E-state index contributed by atoms with van der Waals surface area (Å²) in [5, 5.41) is 11.0. The van der Waals surface area contributed by atoms with Crippen LogP contribution in [-0.4, -0.2) is 28.5 Å². The molecule has 0 aliphatic carbocycles. The van der Waals surface area contributed by atoms with E-state index in [0.717, 1.165) is 10.5 Å². The van der Waals surface area contributed by atoms with Crippen LogP contribution >= 0.6 is 11.8 Å². The molecule has 0 fully saturated rings. The Kier molecular flexibility index (Phi) is 5.58. The van der Waals surface area contributed by atoms with Crippen molar-refractivity contribution in [3.8, 4) is 17.2 Å². The van der Waals surface area contributed by atoms with Crippen LogP contribution in [0.25, 0.3) is 11.5 Å². The number of benzene rings is 2. The zero-order valence-electron chi connectivity index (χ0n) is 14.7. The number of thioether (sulfide) groups is 1. The van der Waals surface area contributed by atoms with Gasteiger partial charge in [0, 0.05) is 21.3 Å². The van der Waals surface area contributed by atoms with Crippen molar-refractivity contribution >= 4 is 23.7 Å². The minimum Gasteiger partial charge on any atom is -0.497 e. The molecule has 1 N–H and O–H groups in total. The van der Waals surface area contributed by atoms with Crippen LogP contribution in [0.5, 0.6) is 5.75 Å². The van der Waals surface area contributed by atoms with Crippen LogP contribution in [-0.2, 0) is 0 Å². The summed E-state index contributed by atoms with van der Waals surface area (Å²) < 4.78 is 10.7. The van der Waals surface area contributed by atoms with Gasteiger partial charge in [-0.15, -0.1) is 16.9 Å². The van der Waals surface area contributed by atoms with Crippen molar-refractivity contribution in [2.75, 3.05) is 12.4 Å². The van der Waals surface area contributed by atoms with E-state index < -0.39 is 0 Å². The summed E-state index contributed by atoms with van der Waals surface area (Å²) in [7, 11) is 1.57. The number of hydrogen-bond donors (Lipinski definition) is 1. The Morgan fingerprint density at radius 1 is 1.15 bits per heavy atom. The molecule has 0 unspecified atom stereocenters. The highest BCUT2D eigenvalue weighted by atomic mass is 32.2. The van der Waals surface area contributed by atoms with Crippen LogP contribution in [0, 0.1) is 0 Å². The Bertz CT molecular complexity index is 891. The van der Waals surface area contributed by atoms with Gasteiger partial charge in [-0.05, 0) is 42.5 Å². The van der Waals surface area contributed by atoms with Crippen molar-refractivity contribution < 1.29 is 13.9 Å². The van der Waals surface area contributed by atoms with Crippen molar-refractivity contribution in [1.82, 2.24) is 10.2 Å². The first-order chi connectivity index (χ1) is 12.5. The van der Waals surface area contributed by atoms with E-state index in [2.05, 4.69) is 29.4 Å². The lowest BCUT2D eigenvalue weighted by Gasteiger charge is -2.05. The van der Waals surface area contributed by atoms with Gasteiger partial charge in [-0.3, -0.25) is 10.1 Å². The lowest BCUT2D eigenvalue weighted by atomic mass is 10.2. The van der Waals surface area contributed by atoms with Gasteiger partial charge in [-0.1, -0.05) is 25.0 Å². The van der Waals surface area contributed by atoms with Gasteiger partial charge in [0.15, 0.2) is 0 Å². The normalized spacial score (nSPS) is 10.8. The summed E-state index contributed by atoms with van der Waals surface area (Å²) in [6, 6.07) is 14.7. The maximum absolute atomic E-state index is 12.3. The van der Waals surface area contributed by atoms with Crippen LogP contribution in [0.3, 0.4) is 0 Å². The average molecular weight is 369 g/mol. The molecule has 0 aliphatic heterocycles. The number of carbonyl (C=O) groups is 1. The molecule has 134 valence electrons. The number of rotatable bonds is 6. The van der Waals surface area contributed by atoms with Crippen LogP contribution in [0.1, 0.15) is 24.2 Å². The van der Waals surface area contributed by atoms with Crippen molar-refractivity contribution in [2.24, 2.45) is 0 Å². The Balaban J connectivity index is 1.72. The molecular formula is C19H19N3O3S. The number of methoxy groups -OCH3 is 1. The number of amides is 1. The van der Waals surface area contributed by atoms with Crippen molar-refractivity contribution in [2.45, 2.75) is 24.0 Å². The van der Waals surface area contributed by atoms with Gasteiger partial charge in [0.25, 0.3) is 5.91 Å². The molecule has 26 heavy (non-hydrogen) atoms. The number of nitrogens with zero attached hydrogens (tertiary/aromatic N) is 2. The summed E-state index contributed by atoms with van der Waals surface area (Å²) in [5.41, 5.74) is 1.29. The third-order valence-corrected chi connectivity index (χ3v) is 4.45. The molecule has 3 aromatic rings. The maximum Gasteiger partial charge on any atom is 0.322 e. The minimum absolute atomic E-state index is 0.0581. The lowest BCUT2D eigenvalue weighted by molar-refractivity contribution is 0.102. The molecular weight excluding hydrogens is 350 g/mol. The molecule has 0 atom stereocenters. The molecule has 1 aromatic heterocycles. The number of ether oxygens (including phenoxy) is 1. The molecule has 0 bridgehead atoms. The number of aromatic nitrogens is 2. The van der Waals surface area contributed by atoms with Crippen molar-refractivity contribution in [3.05, 3.63) is 54.1 Å². The minimum atomic E-state index is -0.327. The third kappa shape index (κ3) is 4.43. The van der Waals surface area contributed by atoms with E-state index in [1.165, 1.54) is 0 Å². The van der Waals surface area contributed by atoms with Crippen LogP contribution < -0.4 is 10.1 Å². The summed E-state index contributed by atoms with van der Waals surface area (Å²) in [6.07, 6.45) is 0. The number of hydrogen-bond acceptors (Lipinski definition) is 6. The average Bonchev–Trinajstić information content (AvgIpc) is 3.10. The van der Waals surface area contributed by atoms with Gasteiger partial charge in [0.2, 0.25) is 5.89 Å². The molecule has 0 spiro atoms. The summed E-state index contributed by atoms with van der Waals surface area (Å²) in [4.78, 5) is 13.4. The molecule has 7 heteroatoms. The fraction of sp³-hybridized carbons (Fsp3) is 0.211. The van der Waals surface area contributed by atoms with Gasteiger partial charge in [0.1, 0.15) is 5.75 Å². The Labute approximate surface area is 156 Å². The second kappa shape index (κ2) is 8.05. The SMILES string of the molecule is COc1ccc(C(=O)Nc2nnc(-c3cccc(SC(C)C)c3)o2)cc1. The largest absolute Gasteiger partial charge is 0.497 e. The maximum atomic E-state index is 12.3. The molecule has 0 saturated carbocycles. The number of anilines is 1. The molecule has 1 amide bonds. The molecule has 2 aromatic carbocycles. The fourth-order valence-corrected chi connectivity index (χ4v) is 3.17. The van der Waals surface area contributed by atoms with Crippen LogP contribution in [0.4, 0.5) is 6.01 Å². The van der Waals surface area contributed by atoms with Crippen molar-refractivity contribution in [1.29, 1.82) is 0 Å². The monoisotopic (exact) mass is 369 g/mol. The van der Waals surface area contributed by atoms with E-state index in [4.69, 9.17) is 9.15 Å². The molecule has 0 radical (unpaired) electrons. The van der Waals surface area contributed by atoms with E-state index in [-0.39, 0.29) is 11.9 Å². The van der Waals surface area contributed by atoms with Crippen LogP contribution in [0.2, 0.25) is 0 Å². The Morgan fingerprint density at radius 3 is 2.62 bits per heavy atom. The van der Waals surface area contributed by atoms with E-state index in [1.807, 2.05) is 24.3 Å². The van der Waals surface area contributed by atoms with Gasteiger partial charge in [-0.2, -0.15) is 0 Å². The zero-order chi connectivity index (χ0) is 18.5. The zero-order valence-corrected chi connectivity index (χ0v) is 15.5. The molecule has 3 rings (SSSR count). The van der Waals surface area contributed by atoms with Crippen LogP contribution in [0.15, 0.2) is 57.8 Å². The van der Waals surface area contributed by atoms with E-state index in [0.29, 0.717) is 22.5 Å². The first-order valence-corrected chi connectivity index (χ1v) is 8.99. The summed E-state index contributed by atoms with van der Waals surface area (Å²) >= 11 is 1.76. The predicted molar refractivity (Wildman–Crippen MR) is 102 cm³/mol. The third-order valence-electron chi connectivity index (χ3n) is 3.45. The fourth-order valence-electron chi connectivity index (χ4n) is 2.28. The van der Waals surface area contributed by atoms with E-state index >= 15 is 0 Å². The first kappa shape index (κ1) is 18.0. The predicted octanol–water partition coefficient (Wildman–Crippen LogP) is 4.50. The molecule has 0 saturated heterocycles. The lowest BCUT2D eigenvalue weighted by Crippen LogP contribution is -2.11. The first-order valence-electron chi connectivity index (χ1n) is 8.11. The number of carbonyl (C=O) groups excluding carboxylic acids is 1. The molecule has 6 nitrogen and oxygen atoms in total. The van der Waals surface area contributed by atoms with E-state index in [9.17, 15) is 4.79 Å². The Morgan fingerprint density at radius 2 is 1.92 bits per heavy atom. The Hall–Kier alpha value is -2.80. The second-order valence-electron chi connectivity index (χ2n) is 5.79. The topological polar surface area (TPSA) is 77.2 Å². The highest BCUT2D eigenvalue weighted by molar-refractivity contribution is 7.99. The molecule has 1 heterocycles. The van der Waals surface area contributed by atoms with Gasteiger partial charge in [0.05, 0.1) is 7.11 Å². The highest BCUT2D eigenvalue weighted by Crippen LogP contribution is 2.28. The van der Waals surface area contributed by atoms with Gasteiger partial charge < -0.3 is 9.15 Å². The smallest absolute Gasteiger partial charge is 0.322 e. The highest BCUT2D eigenvalue weighted by Gasteiger charge is 2.13. The standard InChI is InChI=1S/C19H19N3O3S/c1-12(2)26-16-6-4-5-14(11-16)18-21-22-19(25-18)20-17(23)13-7-9-15(24-3)10-8-13/h4-12H,1-3H3,(H,20,22,23). The summed E-state index contributed by atoms with van der Waals surface area (Å²) in [5.74, 6) is 0.717. The quantitative estimate of drug-likeness (QED) is 0.645. The van der Waals surface area contributed by atoms with Crippen molar-refractivity contribution in [3.63, 3.8) is 0 Å². The van der Waals surface area contributed by atoms with E-state index in [1.54, 1.807) is 43.1 Å².